The summed E-state index contributed by atoms with van der Waals surface area (Å²) in [4.78, 5) is 24.0. The molecular weight excluding hydrogens is 318 g/mol. The van der Waals surface area contributed by atoms with E-state index in [2.05, 4.69) is 16.0 Å². The van der Waals surface area contributed by atoms with E-state index in [0.717, 1.165) is 6.42 Å². The van der Waals surface area contributed by atoms with Crippen molar-refractivity contribution in [3.05, 3.63) is 60.2 Å². The number of nitrogens with one attached hydrogen (secondary N) is 3. The van der Waals surface area contributed by atoms with Crippen molar-refractivity contribution in [2.24, 2.45) is 0 Å². The van der Waals surface area contributed by atoms with Crippen LogP contribution in [0.5, 0.6) is 0 Å². The Bertz CT molecular complexity index is 689. The minimum atomic E-state index is -0.289. The molecule has 0 spiro atoms. The quantitative estimate of drug-likeness (QED) is 0.643. The van der Waals surface area contributed by atoms with E-state index in [1.165, 1.54) is 0 Å². The third-order valence-electron chi connectivity index (χ3n) is 3.37. The molecule has 3 N–H and O–H groups in total. The molecule has 0 atom stereocenters. The van der Waals surface area contributed by atoms with E-state index in [9.17, 15) is 9.59 Å². The van der Waals surface area contributed by atoms with Crippen LogP contribution >= 0.6 is 0 Å². The Hall–Kier alpha value is -2.86. The summed E-state index contributed by atoms with van der Waals surface area (Å²) in [6, 6.07) is 15.7. The van der Waals surface area contributed by atoms with Crippen molar-refractivity contribution in [1.29, 1.82) is 0 Å². The number of amides is 3. The normalized spacial score (nSPS) is 10.1. The smallest absolute Gasteiger partial charge is 0.319 e. The molecule has 0 heterocycles. The SMILES string of the molecule is CCOCCCNC(=O)Nc1cccc(NC(=O)c2ccccc2)c1. The van der Waals surface area contributed by atoms with Crippen molar-refractivity contribution < 1.29 is 14.3 Å². The van der Waals surface area contributed by atoms with Gasteiger partial charge < -0.3 is 20.7 Å². The second-order valence-electron chi connectivity index (χ2n) is 5.33. The minimum absolute atomic E-state index is 0.196. The Balaban J connectivity index is 1.84. The van der Waals surface area contributed by atoms with E-state index >= 15 is 0 Å². The molecule has 25 heavy (non-hydrogen) atoms. The van der Waals surface area contributed by atoms with Gasteiger partial charge in [0.15, 0.2) is 0 Å². The van der Waals surface area contributed by atoms with Gasteiger partial charge in [0, 0.05) is 36.7 Å². The van der Waals surface area contributed by atoms with Crippen molar-refractivity contribution in [2.45, 2.75) is 13.3 Å². The molecule has 6 nitrogen and oxygen atoms in total. The van der Waals surface area contributed by atoms with E-state index in [-0.39, 0.29) is 11.9 Å². The molecule has 0 fully saturated rings. The summed E-state index contributed by atoms with van der Waals surface area (Å²) in [5, 5.41) is 8.31. The van der Waals surface area contributed by atoms with Gasteiger partial charge in [-0.15, -0.1) is 0 Å². The summed E-state index contributed by atoms with van der Waals surface area (Å²) < 4.78 is 5.21. The van der Waals surface area contributed by atoms with Crippen molar-refractivity contribution in [3.63, 3.8) is 0 Å². The molecule has 0 bridgehead atoms. The first kappa shape index (κ1) is 18.5. The second kappa shape index (κ2) is 10.1. The zero-order valence-corrected chi connectivity index (χ0v) is 14.2. The summed E-state index contributed by atoms with van der Waals surface area (Å²) in [6.07, 6.45) is 0.758. The van der Waals surface area contributed by atoms with Crippen LogP contribution in [0.15, 0.2) is 54.6 Å². The number of hydrogen-bond donors (Lipinski definition) is 3. The number of carbonyl (C=O) groups excluding carboxylic acids is 2. The molecule has 6 heteroatoms. The first-order chi connectivity index (χ1) is 12.2. The fourth-order valence-corrected chi connectivity index (χ4v) is 2.16. The maximum absolute atomic E-state index is 12.2. The number of benzene rings is 2. The van der Waals surface area contributed by atoms with Crippen LogP contribution in [0.1, 0.15) is 23.7 Å². The van der Waals surface area contributed by atoms with Crippen LogP contribution < -0.4 is 16.0 Å². The standard InChI is InChI=1S/C19H23N3O3/c1-2-25-13-7-12-20-19(24)22-17-11-6-10-16(14-17)21-18(23)15-8-4-3-5-9-15/h3-6,8-11,14H,2,7,12-13H2,1H3,(H,21,23)(H2,20,22,24). The molecule has 0 aliphatic rings. The van der Waals surface area contributed by atoms with Crippen molar-refractivity contribution >= 4 is 23.3 Å². The van der Waals surface area contributed by atoms with Crippen LogP contribution in [0.4, 0.5) is 16.2 Å². The number of ether oxygens (including phenoxy) is 1. The highest BCUT2D eigenvalue weighted by Gasteiger charge is 2.06. The first-order valence-corrected chi connectivity index (χ1v) is 8.28. The Kier molecular flexibility index (Phi) is 7.46. The van der Waals surface area contributed by atoms with Gasteiger partial charge in [0.2, 0.25) is 0 Å². The monoisotopic (exact) mass is 341 g/mol. The van der Waals surface area contributed by atoms with Gasteiger partial charge in [-0.2, -0.15) is 0 Å². The summed E-state index contributed by atoms with van der Waals surface area (Å²) in [6.45, 7) is 3.77. The molecule has 3 amide bonds. The number of rotatable bonds is 8. The summed E-state index contributed by atoms with van der Waals surface area (Å²) in [5.41, 5.74) is 1.80. The maximum Gasteiger partial charge on any atom is 0.319 e. The first-order valence-electron chi connectivity index (χ1n) is 8.28. The zero-order valence-electron chi connectivity index (χ0n) is 14.2. The topological polar surface area (TPSA) is 79.5 Å². The molecule has 2 aromatic carbocycles. The summed E-state index contributed by atoms with van der Waals surface area (Å²) >= 11 is 0. The lowest BCUT2D eigenvalue weighted by Crippen LogP contribution is -2.30. The van der Waals surface area contributed by atoms with E-state index in [4.69, 9.17) is 4.74 Å². The lowest BCUT2D eigenvalue weighted by molar-refractivity contribution is 0.102. The highest BCUT2D eigenvalue weighted by atomic mass is 16.5. The molecule has 0 unspecified atom stereocenters. The van der Waals surface area contributed by atoms with Gasteiger partial charge in [0.1, 0.15) is 0 Å². The van der Waals surface area contributed by atoms with Gasteiger partial charge in [-0.25, -0.2) is 4.79 Å². The van der Waals surface area contributed by atoms with Crippen molar-refractivity contribution in [2.75, 3.05) is 30.4 Å². The number of carbonyl (C=O) groups is 2. The minimum Gasteiger partial charge on any atom is -0.382 e. The third-order valence-corrected chi connectivity index (χ3v) is 3.37. The molecular formula is C19H23N3O3. The molecule has 132 valence electrons. The molecule has 0 aromatic heterocycles. The maximum atomic E-state index is 12.2. The molecule has 0 aliphatic heterocycles. The third kappa shape index (κ3) is 6.64. The average molecular weight is 341 g/mol. The van der Waals surface area contributed by atoms with Crippen LogP contribution in [0, 0.1) is 0 Å². The second-order valence-corrected chi connectivity index (χ2v) is 5.33. The highest BCUT2D eigenvalue weighted by Crippen LogP contribution is 2.16. The predicted octanol–water partition coefficient (Wildman–Crippen LogP) is 3.49. The lowest BCUT2D eigenvalue weighted by atomic mass is 10.2. The number of hydrogen-bond acceptors (Lipinski definition) is 3. The van der Waals surface area contributed by atoms with Crippen LogP contribution in [0.2, 0.25) is 0 Å². The van der Waals surface area contributed by atoms with E-state index in [1.807, 2.05) is 25.1 Å². The zero-order chi connectivity index (χ0) is 17.9. The molecule has 0 radical (unpaired) electrons. The summed E-state index contributed by atoms with van der Waals surface area (Å²) in [5.74, 6) is -0.196. The van der Waals surface area contributed by atoms with Crippen molar-refractivity contribution in [3.8, 4) is 0 Å². The van der Waals surface area contributed by atoms with Gasteiger partial charge >= 0.3 is 6.03 Å². The lowest BCUT2D eigenvalue weighted by Gasteiger charge is -2.10. The van der Waals surface area contributed by atoms with Crippen LogP contribution in [-0.4, -0.2) is 31.7 Å². The Labute approximate surface area is 147 Å². The largest absolute Gasteiger partial charge is 0.382 e. The summed E-state index contributed by atoms with van der Waals surface area (Å²) in [7, 11) is 0. The Morgan fingerprint density at radius 2 is 1.68 bits per heavy atom. The number of anilines is 2. The van der Waals surface area contributed by atoms with Gasteiger partial charge in [0.25, 0.3) is 5.91 Å². The fourth-order valence-electron chi connectivity index (χ4n) is 2.16. The molecule has 0 saturated carbocycles. The molecule has 2 aromatic rings. The van der Waals surface area contributed by atoms with Crippen LogP contribution in [0.3, 0.4) is 0 Å². The van der Waals surface area contributed by atoms with E-state index < -0.39 is 0 Å². The number of urea groups is 1. The van der Waals surface area contributed by atoms with Gasteiger partial charge in [0.05, 0.1) is 0 Å². The van der Waals surface area contributed by atoms with Gasteiger partial charge in [-0.1, -0.05) is 24.3 Å². The molecule has 2 rings (SSSR count). The average Bonchev–Trinajstić information content (AvgIpc) is 2.62. The Morgan fingerprint density at radius 3 is 2.40 bits per heavy atom. The van der Waals surface area contributed by atoms with Gasteiger partial charge in [-0.05, 0) is 43.7 Å². The van der Waals surface area contributed by atoms with E-state index in [0.29, 0.717) is 36.7 Å². The molecule has 0 saturated heterocycles. The van der Waals surface area contributed by atoms with E-state index in [1.54, 1.807) is 36.4 Å². The fraction of sp³-hybridized carbons (Fsp3) is 0.263. The van der Waals surface area contributed by atoms with Crippen LogP contribution in [-0.2, 0) is 4.74 Å². The van der Waals surface area contributed by atoms with Crippen molar-refractivity contribution in [1.82, 2.24) is 5.32 Å². The predicted molar refractivity (Wildman–Crippen MR) is 99.0 cm³/mol. The Morgan fingerprint density at radius 1 is 0.960 bits per heavy atom. The molecule has 0 aliphatic carbocycles. The van der Waals surface area contributed by atoms with Crippen LogP contribution in [0.25, 0.3) is 0 Å². The highest BCUT2D eigenvalue weighted by molar-refractivity contribution is 6.04. The van der Waals surface area contributed by atoms with Gasteiger partial charge in [-0.3, -0.25) is 4.79 Å².